The van der Waals surface area contributed by atoms with Gasteiger partial charge in [0.25, 0.3) is 0 Å². The zero-order valence-electron chi connectivity index (χ0n) is 9.86. The monoisotopic (exact) mass is 253 g/mol. The molecule has 1 unspecified atom stereocenters. The Hall–Kier alpha value is -1.89. The molecule has 0 spiro atoms. The van der Waals surface area contributed by atoms with Crippen LogP contribution in [0, 0.1) is 0 Å². The average molecular weight is 253 g/mol. The van der Waals surface area contributed by atoms with Crippen LogP contribution in [-0.2, 0) is 20.9 Å². The van der Waals surface area contributed by atoms with Crippen molar-refractivity contribution in [2.24, 2.45) is 0 Å². The number of ether oxygens (including phenoxy) is 1. The number of carbonyl (C=O) groups excluding carboxylic acids is 1. The average Bonchev–Trinajstić information content (AvgIpc) is 2.89. The predicted octanol–water partition coefficient (Wildman–Crippen LogP) is -0.415. The molecule has 1 aliphatic rings. The lowest BCUT2D eigenvalue weighted by Gasteiger charge is -2.32. The maximum absolute atomic E-state index is 12.0. The summed E-state index contributed by atoms with van der Waals surface area (Å²) in [4.78, 5) is 28.3. The normalized spacial score (nSPS) is 19.8. The topological polar surface area (TPSA) is 84.7 Å². The molecular weight excluding hydrogens is 238 g/mol. The summed E-state index contributed by atoms with van der Waals surface area (Å²) in [6, 6.07) is -0.867. The summed E-state index contributed by atoms with van der Waals surface area (Å²) in [5, 5.41) is 9.02. The van der Waals surface area contributed by atoms with Crippen molar-refractivity contribution >= 4 is 11.9 Å². The zero-order chi connectivity index (χ0) is 13.0. The minimum Gasteiger partial charge on any atom is -0.480 e. The van der Waals surface area contributed by atoms with Crippen molar-refractivity contribution in [2.45, 2.75) is 19.0 Å². The molecule has 0 saturated carbocycles. The van der Waals surface area contributed by atoms with Crippen molar-refractivity contribution in [1.29, 1.82) is 0 Å². The molecule has 1 fully saturated rings. The number of morpholine rings is 1. The van der Waals surface area contributed by atoms with Crippen LogP contribution in [-0.4, -0.2) is 57.2 Å². The largest absolute Gasteiger partial charge is 0.480 e. The standard InChI is InChI=1S/C11H15N3O4/c15-10(1-3-13-4-2-12-8-13)14-5-6-18-7-9(14)11(16)17/h2,4,8-9H,1,3,5-7H2,(H,16,17). The van der Waals surface area contributed by atoms with Crippen molar-refractivity contribution in [1.82, 2.24) is 14.5 Å². The smallest absolute Gasteiger partial charge is 0.328 e. The first-order valence-electron chi connectivity index (χ1n) is 5.74. The lowest BCUT2D eigenvalue weighted by Crippen LogP contribution is -2.52. The van der Waals surface area contributed by atoms with E-state index in [4.69, 9.17) is 9.84 Å². The Morgan fingerprint density at radius 2 is 2.33 bits per heavy atom. The molecule has 0 radical (unpaired) electrons. The van der Waals surface area contributed by atoms with Gasteiger partial charge in [-0.2, -0.15) is 0 Å². The van der Waals surface area contributed by atoms with Crippen molar-refractivity contribution < 1.29 is 19.4 Å². The molecule has 0 aromatic carbocycles. The van der Waals surface area contributed by atoms with E-state index in [9.17, 15) is 9.59 Å². The van der Waals surface area contributed by atoms with Gasteiger partial charge in [-0.15, -0.1) is 0 Å². The van der Waals surface area contributed by atoms with E-state index in [1.165, 1.54) is 4.90 Å². The van der Waals surface area contributed by atoms with Gasteiger partial charge < -0.3 is 19.3 Å². The third kappa shape index (κ3) is 2.86. The fraction of sp³-hybridized carbons (Fsp3) is 0.545. The van der Waals surface area contributed by atoms with E-state index in [1.807, 2.05) is 0 Å². The van der Waals surface area contributed by atoms with E-state index in [0.717, 1.165) is 0 Å². The van der Waals surface area contributed by atoms with Crippen molar-refractivity contribution in [3.05, 3.63) is 18.7 Å². The van der Waals surface area contributed by atoms with Crippen molar-refractivity contribution in [3.8, 4) is 0 Å². The molecule has 7 heteroatoms. The van der Waals surface area contributed by atoms with Crippen LogP contribution in [0.25, 0.3) is 0 Å². The number of hydrogen-bond acceptors (Lipinski definition) is 4. The molecule has 1 atom stereocenters. The second-order valence-electron chi connectivity index (χ2n) is 4.07. The van der Waals surface area contributed by atoms with Gasteiger partial charge in [-0.05, 0) is 0 Å². The summed E-state index contributed by atoms with van der Waals surface area (Å²) in [7, 11) is 0. The molecule has 2 rings (SSSR count). The quantitative estimate of drug-likeness (QED) is 0.788. The molecule has 98 valence electrons. The van der Waals surface area contributed by atoms with E-state index >= 15 is 0 Å². The van der Waals surface area contributed by atoms with Crippen LogP contribution in [0.4, 0.5) is 0 Å². The SMILES string of the molecule is O=C(O)C1COCCN1C(=O)CCn1ccnc1. The number of nitrogens with zero attached hydrogens (tertiary/aromatic N) is 3. The Bertz CT molecular complexity index is 418. The van der Waals surface area contributed by atoms with Crippen LogP contribution in [0.1, 0.15) is 6.42 Å². The number of carboxylic acids is 1. The summed E-state index contributed by atoms with van der Waals surface area (Å²) in [6.45, 7) is 1.29. The second-order valence-corrected chi connectivity index (χ2v) is 4.07. The number of imidazole rings is 1. The van der Waals surface area contributed by atoms with Crippen LogP contribution >= 0.6 is 0 Å². The van der Waals surface area contributed by atoms with E-state index in [-0.39, 0.29) is 18.9 Å². The maximum Gasteiger partial charge on any atom is 0.328 e. The summed E-state index contributed by atoms with van der Waals surface area (Å²) in [5.74, 6) is -1.19. The number of rotatable bonds is 4. The Kier molecular flexibility index (Phi) is 3.93. The molecule has 1 aromatic heterocycles. The van der Waals surface area contributed by atoms with Gasteiger partial charge >= 0.3 is 5.97 Å². The summed E-state index contributed by atoms with van der Waals surface area (Å²) < 4.78 is 6.87. The van der Waals surface area contributed by atoms with Crippen LogP contribution in [0.2, 0.25) is 0 Å². The molecule has 1 amide bonds. The Balaban J connectivity index is 1.92. The molecule has 0 aliphatic carbocycles. The molecule has 18 heavy (non-hydrogen) atoms. The molecule has 1 saturated heterocycles. The second kappa shape index (κ2) is 5.63. The van der Waals surface area contributed by atoms with Gasteiger partial charge in [0.1, 0.15) is 0 Å². The number of aryl methyl sites for hydroxylation is 1. The van der Waals surface area contributed by atoms with Gasteiger partial charge in [0, 0.05) is 31.9 Å². The summed E-state index contributed by atoms with van der Waals surface area (Å²) in [5.41, 5.74) is 0. The number of carbonyl (C=O) groups is 2. The van der Waals surface area contributed by atoms with Crippen molar-refractivity contribution in [3.63, 3.8) is 0 Å². The van der Waals surface area contributed by atoms with E-state index in [1.54, 1.807) is 23.3 Å². The molecule has 0 bridgehead atoms. The molecule has 7 nitrogen and oxygen atoms in total. The molecule has 1 aromatic rings. The highest BCUT2D eigenvalue weighted by molar-refractivity contribution is 5.83. The Labute approximate surface area is 104 Å². The van der Waals surface area contributed by atoms with Gasteiger partial charge in [-0.3, -0.25) is 4.79 Å². The van der Waals surface area contributed by atoms with Crippen LogP contribution in [0.5, 0.6) is 0 Å². The van der Waals surface area contributed by atoms with Crippen LogP contribution in [0.15, 0.2) is 18.7 Å². The first-order valence-corrected chi connectivity index (χ1v) is 5.74. The highest BCUT2D eigenvalue weighted by Crippen LogP contribution is 2.09. The van der Waals surface area contributed by atoms with Crippen molar-refractivity contribution in [2.75, 3.05) is 19.8 Å². The van der Waals surface area contributed by atoms with E-state index in [2.05, 4.69) is 4.98 Å². The minimum atomic E-state index is -1.02. The maximum atomic E-state index is 12.0. The van der Waals surface area contributed by atoms with E-state index < -0.39 is 12.0 Å². The number of amides is 1. The molecular formula is C11H15N3O4. The summed E-state index contributed by atoms with van der Waals surface area (Å²) in [6.07, 6.45) is 5.29. The molecule has 2 heterocycles. The Morgan fingerprint density at radius 3 is 3.00 bits per heavy atom. The Morgan fingerprint density at radius 1 is 1.50 bits per heavy atom. The van der Waals surface area contributed by atoms with E-state index in [0.29, 0.717) is 19.7 Å². The first kappa shape index (κ1) is 12.6. The highest BCUT2D eigenvalue weighted by Gasteiger charge is 2.32. The predicted molar refractivity (Wildman–Crippen MR) is 60.8 cm³/mol. The van der Waals surface area contributed by atoms with Gasteiger partial charge in [0.05, 0.1) is 19.5 Å². The lowest BCUT2D eigenvalue weighted by atomic mass is 10.2. The zero-order valence-corrected chi connectivity index (χ0v) is 9.86. The number of aliphatic carboxylic acids is 1. The molecule has 1 aliphatic heterocycles. The van der Waals surface area contributed by atoms with Gasteiger partial charge in [-0.1, -0.05) is 0 Å². The van der Waals surface area contributed by atoms with Gasteiger partial charge in [-0.25, -0.2) is 9.78 Å². The van der Waals surface area contributed by atoms with Gasteiger partial charge in [0.2, 0.25) is 5.91 Å². The minimum absolute atomic E-state index is 0.0617. The number of hydrogen-bond donors (Lipinski definition) is 1. The fourth-order valence-electron chi connectivity index (χ4n) is 1.89. The van der Waals surface area contributed by atoms with Crippen LogP contribution in [0.3, 0.4) is 0 Å². The highest BCUT2D eigenvalue weighted by atomic mass is 16.5. The van der Waals surface area contributed by atoms with Gasteiger partial charge in [0.15, 0.2) is 6.04 Å². The third-order valence-corrected chi connectivity index (χ3v) is 2.88. The number of carboxylic acid groups (broad SMARTS) is 1. The third-order valence-electron chi connectivity index (χ3n) is 2.88. The molecule has 1 N–H and O–H groups in total. The first-order chi connectivity index (χ1) is 8.68. The fourth-order valence-corrected chi connectivity index (χ4v) is 1.89. The summed E-state index contributed by atoms with van der Waals surface area (Å²) >= 11 is 0. The van der Waals surface area contributed by atoms with Crippen LogP contribution < -0.4 is 0 Å². The number of aromatic nitrogens is 2. The lowest BCUT2D eigenvalue weighted by molar-refractivity contribution is -0.158.